The molecule has 1 saturated carbocycles. The zero-order valence-corrected chi connectivity index (χ0v) is 11.3. The van der Waals surface area contributed by atoms with Crippen LogP contribution >= 0.6 is 0 Å². The Kier molecular flexibility index (Phi) is 3.59. The van der Waals surface area contributed by atoms with Crippen molar-refractivity contribution < 1.29 is 4.79 Å². The third kappa shape index (κ3) is 2.66. The Morgan fingerprint density at radius 3 is 2.72 bits per heavy atom. The van der Waals surface area contributed by atoms with Crippen LogP contribution in [-0.4, -0.2) is 33.6 Å². The number of aromatic amines is 1. The van der Waals surface area contributed by atoms with Gasteiger partial charge in [0.25, 0.3) is 0 Å². The summed E-state index contributed by atoms with van der Waals surface area (Å²) in [4.78, 5) is 13.6. The number of amides is 1. The van der Waals surface area contributed by atoms with Gasteiger partial charge in [-0.1, -0.05) is 13.8 Å². The summed E-state index contributed by atoms with van der Waals surface area (Å²) in [6.07, 6.45) is 2.02. The maximum atomic E-state index is 11.6. The SMILES string of the molecule is CC(=O)N(CC(C)C)[C@H]1C[C@@H](c2cc(N)n[nH]2)C1. The second-order valence-electron chi connectivity index (χ2n) is 5.64. The minimum absolute atomic E-state index is 0.177. The van der Waals surface area contributed by atoms with Crippen LogP contribution in [0.3, 0.4) is 0 Å². The van der Waals surface area contributed by atoms with Gasteiger partial charge in [-0.05, 0) is 18.8 Å². The van der Waals surface area contributed by atoms with Gasteiger partial charge in [-0.3, -0.25) is 9.89 Å². The minimum atomic E-state index is 0.177. The molecule has 2 rings (SSSR count). The predicted molar refractivity (Wildman–Crippen MR) is 71.0 cm³/mol. The fraction of sp³-hybridized carbons (Fsp3) is 0.692. The number of carbonyl (C=O) groups is 1. The van der Waals surface area contributed by atoms with Gasteiger partial charge < -0.3 is 10.6 Å². The van der Waals surface area contributed by atoms with Crippen molar-refractivity contribution in [2.75, 3.05) is 12.3 Å². The Bertz CT molecular complexity index is 420. The highest BCUT2D eigenvalue weighted by Crippen LogP contribution is 2.39. The Labute approximate surface area is 108 Å². The zero-order valence-electron chi connectivity index (χ0n) is 11.3. The smallest absolute Gasteiger partial charge is 0.219 e. The monoisotopic (exact) mass is 250 g/mol. The molecule has 0 atom stereocenters. The summed E-state index contributed by atoms with van der Waals surface area (Å²) in [6, 6.07) is 2.26. The van der Waals surface area contributed by atoms with Gasteiger partial charge in [0.2, 0.25) is 5.91 Å². The van der Waals surface area contributed by atoms with Crippen LogP contribution in [0, 0.1) is 5.92 Å². The van der Waals surface area contributed by atoms with Crippen molar-refractivity contribution in [1.29, 1.82) is 0 Å². The lowest BCUT2D eigenvalue weighted by Crippen LogP contribution is -2.47. The molecule has 1 heterocycles. The standard InChI is InChI=1S/C13H22N4O/c1-8(2)7-17(9(3)18)11-4-10(5-11)12-6-13(14)16-15-12/h6,8,10-11H,4-5,7H2,1-3H3,(H3,14,15,16)/t10-,11+. The molecule has 1 aromatic heterocycles. The number of hydrogen-bond donors (Lipinski definition) is 2. The van der Waals surface area contributed by atoms with E-state index in [1.54, 1.807) is 6.92 Å². The largest absolute Gasteiger partial charge is 0.382 e. The molecule has 0 unspecified atom stereocenters. The fourth-order valence-electron chi connectivity index (χ4n) is 2.59. The van der Waals surface area contributed by atoms with E-state index in [-0.39, 0.29) is 5.91 Å². The number of aromatic nitrogens is 2. The third-order valence-electron chi connectivity index (χ3n) is 3.58. The third-order valence-corrected chi connectivity index (χ3v) is 3.58. The molecule has 1 amide bonds. The van der Waals surface area contributed by atoms with Gasteiger partial charge in [0.1, 0.15) is 5.82 Å². The van der Waals surface area contributed by atoms with Crippen LogP contribution in [0.4, 0.5) is 5.82 Å². The summed E-state index contributed by atoms with van der Waals surface area (Å²) in [5.74, 6) is 1.69. The van der Waals surface area contributed by atoms with Crippen LogP contribution in [-0.2, 0) is 4.79 Å². The molecule has 0 spiro atoms. The second-order valence-corrected chi connectivity index (χ2v) is 5.64. The molecule has 18 heavy (non-hydrogen) atoms. The quantitative estimate of drug-likeness (QED) is 0.854. The van der Waals surface area contributed by atoms with Gasteiger partial charge >= 0.3 is 0 Å². The molecule has 0 bridgehead atoms. The molecule has 0 saturated heterocycles. The number of hydrogen-bond acceptors (Lipinski definition) is 3. The summed E-state index contributed by atoms with van der Waals surface area (Å²) >= 11 is 0. The lowest BCUT2D eigenvalue weighted by atomic mass is 9.77. The summed E-state index contributed by atoms with van der Waals surface area (Å²) in [5, 5.41) is 6.90. The Morgan fingerprint density at radius 1 is 1.61 bits per heavy atom. The number of nitrogen functional groups attached to an aromatic ring is 1. The summed E-state index contributed by atoms with van der Waals surface area (Å²) in [7, 11) is 0. The molecule has 1 fully saturated rings. The number of nitrogens with two attached hydrogens (primary N) is 1. The molecule has 1 aliphatic rings. The van der Waals surface area contributed by atoms with Crippen LogP contribution in [0.15, 0.2) is 6.07 Å². The van der Waals surface area contributed by atoms with E-state index in [1.807, 2.05) is 11.0 Å². The van der Waals surface area contributed by atoms with Crippen molar-refractivity contribution in [1.82, 2.24) is 15.1 Å². The average Bonchev–Trinajstić information content (AvgIpc) is 2.60. The molecule has 5 heteroatoms. The summed E-state index contributed by atoms with van der Waals surface area (Å²) in [5.41, 5.74) is 6.69. The van der Waals surface area contributed by atoms with Crippen molar-refractivity contribution in [2.24, 2.45) is 5.92 Å². The highest BCUT2D eigenvalue weighted by molar-refractivity contribution is 5.73. The molecule has 0 aliphatic heterocycles. The van der Waals surface area contributed by atoms with Crippen LogP contribution < -0.4 is 5.73 Å². The van der Waals surface area contributed by atoms with Gasteiger partial charge in [-0.25, -0.2) is 0 Å². The van der Waals surface area contributed by atoms with Crippen LogP contribution in [0.5, 0.6) is 0 Å². The van der Waals surface area contributed by atoms with E-state index in [2.05, 4.69) is 24.0 Å². The van der Waals surface area contributed by atoms with E-state index in [4.69, 9.17) is 5.73 Å². The number of rotatable bonds is 4. The van der Waals surface area contributed by atoms with Crippen LogP contribution in [0.25, 0.3) is 0 Å². The predicted octanol–water partition coefficient (Wildman–Crippen LogP) is 1.74. The van der Waals surface area contributed by atoms with E-state index in [0.717, 1.165) is 25.1 Å². The van der Waals surface area contributed by atoms with Crippen molar-refractivity contribution in [3.8, 4) is 0 Å². The number of H-pyrrole nitrogens is 1. The van der Waals surface area contributed by atoms with Gasteiger partial charge in [0, 0.05) is 37.2 Å². The lowest BCUT2D eigenvalue weighted by molar-refractivity contribution is -0.133. The van der Waals surface area contributed by atoms with Gasteiger partial charge in [-0.15, -0.1) is 0 Å². The fourth-order valence-corrected chi connectivity index (χ4v) is 2.59. The highest BCUT2D eigenvalue weighted by atomic mass is 16.2. The number of carbonyl (C=O) groups excluding carboxylic acids is 1. The first-order valence-electron chi connectivity index (χ1n) is 6.55. The maximum absolute atomic E-state index is 11.6. The first kappa shape index (κ1) is 12.9. The van der Waals surface area contributed by atoms with Gasteiger partial charge in [0.05, 0.1) is 0 Å². The number of anilines is 1. The maximum Gasteiger partial charge on any atom is 0.219 e. The molecular weight excluding hydrogens is 228 g/mol. The van der Waals surface area contributed by atoms with Crippen molar-refractivity contribution in [3.05, 3.63) is 11.8 Å². The van der Waals surface area contributed by atoms with Crippen LogP contribution in [0.1, 0.15) is 45.2 Å². The van der Waals surface area contributed by atoms with Gasteiger partial charge in [-0.2, -0.15) is 5.10 Å². The van der Waals surface area contributed by atoms with E-state index < -0.39 is 0 Å². The summed E-state index contributed by atoms with van der Waals surface area (Å²) in [6.45, 7) is 6.78. The van der Waals surface area contributed by atoms with E-state index in [9.17, 15) is 4.79 Å². The first-order chi connectivity index (χ1) is 8.47. The molecule has 0 radical (unpaired) electrons. The lowest BCUT2D eigenvalue weighted by Gasteiger charge is -2.43. The Morgan fingerprint density at radius 2 is 2.28 bits per heavy atom. The minimum Gasteiger partial charge on any atom is -0.382 e. The average molecular weight is 250 g/mol. The normalized spacial score (nSPS) is 22.9. The van der Waals surface area contributed by atoms with Crippen molar-refractivity contribution in [3.63, 3.8) is 0 Å². The molecule has 5 nitrogen and oxygen atoms in total. The number of nitrogens with one attached hydrogen (secondary N) is 1. The molecular formula is C13H22N4O. The Hall–Kier alpha value is -1.52. The second kappa shape index (κ2) is 5.00. The highest BCUT2D eigenvalue weighted by Gasteiger charge is 2.36. The van der Waals surface area contributed by atoms with Crippen molar-refractivity contribution in [2.45, 2.75) is 45.6 Å². The van der Waals surface area contributed by atoms with Gasteiger partial charge in [0.15, 0.2) is 0 Å². The molecule has 0 aromatic carbocycles. The molecule has 100 valence electrons. The summed E-state index contributed by atoms with van der Waals surface area (Å²) < 4.78 is 0. The number of nitrogens with zero attached hydrogens (tertiary/aromatic N) is 2. The van der Waals surface area contributed by atoms with Crippen molar-refractivity contribution >= 4 is 11.7 Å². The van der Waals surface area contributed by atoms with E-state index in [1.165, 1.54) is 0 Å². The molecule has 1 aliphatic carbocycles. The molecule has 3 N–H and O–H groups in total. The van der Waals surface area contributed by atoms with Crippen LogP contribution in [0.2, 0.25) is 0 Å². The van der Waals surface area contributed by atoms with E-state index in [0.29, 0.717) is 23.7 Å². The topological polar surface area (TPSA) is 75.0 Å². The molecule has 1 aromatic rings. The zero-order chi connectivity index (χ0) is 13.3. The first-order valence-corrected chi connectivity index (χ1v) is 6.55. The van der Waals surface area contributed by atoms with E-state index >= 15 is 0 Å². The Balaban J connectivity index is 1.92.